The molecule has 0 aromatic heterocycles. The molecule has 1 aromatic rings. The summed E-state index contributed by atoms with van der Waals surface area (Å²) < 4.78 is 0.169. The smallest absolute Gasteiger partial charge is 0.389 e. The minimum absolute atomic E-state index is 0. The minimum Gasteiger partial charge on any atom is -1.00 e. The number of quaternary nitrogens is 1. The standard InChI is InChI=1S/C14H20NO2.ClH/c1-5-12-9-7-8-10-13(12)11-15(3,4)17-14(16)6-2;/h6-10H,2,5,11H2,1,3-4H3;1H/q+1;/p-1. The van der Waals surface area contributed by atoms with Gasteiger partial charge in [-0.2, -0.15) is 0 Å². The highest BCUT2D eigenvalue weighted by atomic mass is 35.5. The molecule has 0 aliphatic carbocycles. The van der Waals surface area contributed by atoms with Gasteiger partial charge in [0.05, 0.1) is 0 Å². The van der Waals surface area contributed by atoms with Crippen molar-refractivity contribution >= 4 is 5.97 Å². The highest BCUT2D eigenvalue weighted by molar-refractivity contribution is 5.80. The van der Waals surface area contributed by atoms with E-state index in [2.05, 4.69) is 25.6 Å². The molecule has 0 saturated carbocycles. The van der Waals surface area contributed by atoms with E-state index in [1.165, 1.54) is 17.2 Å². The molecule has 0 heterocycles. The van der Waals surface area contributed by atoms with Gasteiger partial charge in [-0.15, -0.1) is 4.65 Å². The fourth-order valence-corrected chi connectivity index (χ4v) is 1.78. The van der Waals surface area contributed by atoms with Gasteiger partial charge in [0.1, 0.15) is 20.6 Å². The lowest BCUT2D eigenvalue weighted by atomic mass is 10.1. The maximum atomic E-state index is 11.2. The van der Waals surface area contributed by atoms with E-state index in [9.17, 15) is 4.79 Å². The summed E-state index contributed by atoms with van der Waals surface area (Å²) in [6, 6.07) is 8.20. The number of hydrogen-bond donors (Lipinski definition) is 0. The number of carbonyl (C=O) groups excluding carboxylic acids is 1. The van der Waals surface area contributed by atoms with Crippen LogP contribution in [0, 0.1) is 0 Å². The Balaban J connectivity index is 0.00000289. The van der Waals surface area contributed by atoms with E-state index in [-0.39, 0.29) is 17.1 Å². The van der Waals surface area contributed by atoms with Crippen molar-refractivity contribution in [2.75, 3.05) is 14.1 Å². The molecular formula is C14H20ClNO2. The first-order valence-corrected chi connectivity index (χ1v) is 5.74. The van der Waals surface area contributed by atoms with Crippen molar-refractivity contribution in [3.63, 3.8) is 0 Å². The van der Waals surface area contributed by atoms with Crippen LogP contribution in [0.4, 0.5) is 0 Å². The van der Waals surface area contributed by atoms with Gasteiger partial charge in [0.25, 0.3) is 0 Å². The van der Waals surface area contributed by atoms with Crippen molar-refractivity contribution in [3.05, 3.63) is 48.0 Å². The number of carbonyl (C=O) groups is 1. The summed E-state index contributed by atoms with van der Waals surface area (Å²) in [5, 5.41) is 0. The van der Waals surface area contributed by atoms with E-state index in [4.69, 9.17) is 4.84 Å². The van der Waals surface area contributed by atoms with E-state index in [1.807, 2.05) is 26.2 Å². The Bertz CT molecular complexity index is 416. The zero-order valence-electron chi connectivity index (χ0n) is 11.1. The van der Waals surface area contributed by atoms with Crippen LogP contribution in [0.25, 0.3) is 0 Å². The Hall–Kier alpha value is -1.32. The maximum Gasteiger partial charge on any atom is 0.389 e. The van der Waals surface area contributed by atoms with Crippen LogP contribution in [0.5, 0.6) is 0 Å². The first kappa shape index (κ1) is 16.7. The third-order valence-corrected chi connectivity index (χ3v) is 2.55. The van der Waals surface area contributed by atoms with Crippen LogP contribution in [0.1, 0.15) is 18.1 Å². The number of benzene rings is 1. The molecule has 0 aliphatic rings. The summed E-state index contributed by atoms with van der Waals surface area (Å²) >= 11 is 0. The molecule has 3 nitrogen and oxygen atoms in total. The SMILES string of the molecule is C=CC(=O)O[N+](C)(C)Cc1ccccc1CC.[Cl-]. The van der Waals surface area contributed by atoms with Gasteiger partial charge in [0.15, 0.2) is 0 Å². The second kappa shape index (κ2) is 7.19. The average Bonchev–Trinajstić information content (AvgIpc) is 2.28. The van der Waals surface area contributed by atoms with Crippen LogP contribution in [-0.2, 0) is 22.6 Å². The minimum atomic E-state index is -0.399. The first-order chi connectivity index (χ1) is 7.98. The molecule has 0 amide bonds. The van der Waals surface area contributed by atoms with Crippen molar-refractivity contribution in [3.8, 4) is 0 Å². The average molecular weight is 270 g/mol. The van der Waals surface area contributed by atoms with Gasteiger partial charge in [-0.3, -0.25) is 4.84 Å². The lowest BCUT2D eigenvalue weighted by Crippen LogP contribution is -3.00. The molecular weight excluding hydrogens is 250 g/mol. The number of hydroxylamine groups is 3. The topological polar surface area (TPSA) is 26.3 Å². The molecule has 1 aromatic carbocycles. The van der Waals surface area contributed by atoms with Crippen LogP contribution < -0.4 is 12.4 Å². The summed E-state index contributed by atoms with van der Waals surface area (Å²) in [4.78, 5) is 16.5. The molecule has 0 fully saturated rings. The molecule has 0 atom stereocenters. The van der Waals surface area contributed by atoms with E-state index < -0.39 is 5.97 Å². The second-order valence-electron chi connectivity index (χ2n) is 4.47. The largest absolute Gasteiger partial charge is 1.00 e. The number of rotatable bonds is 5. The molecule has 4 heteroatoms. The van der Waals surface area contributed by atoms with Crippen molar-refractivity contribution in [1.82, 2.24) is 0 Å². The van der Waals surface area contributed by atoms with Crippen LogP contribution in [-0.4, -0.2) is 24.7 Å². The van der Waals surface area contributed by atoms with Crippen LogP contribution in [0.15, 0.2) is 36.9 Å². The van der Waals surface area contributed by atoms with Crippen molar-refractivity contribution in [2.24, 2.45) is 0 Å². The summed E-state index contributed by atoms with van der Waals surface area (Å²) in [6.07, 6.45) is 2.16. The van der Waals surface area contributed by atoms with Crippen LogP contribution in [0.2, 0.25) is 0 Å². The summed E-state index contributed by atoms with van der Waals surface area (Å²) in [6.45, 7) is 6.18. The van der Waals surface area contributed by atoms with Gasteiger partial charge >= 0.3 is 5.97 Å². The molecule has 0 spiro atoms. The Morgan fingerprint density at radius 2 is 1.89 bits per heavy atom. The maximum absolute atomic E-state index is 11.2. The summed E-state index contributed by atoms with van der Waals surface area (Å²) in [5.41, 5.74) is 2.49. The monoisotopic (exact) mass is 269 g/mol. The third-order valence-electron chi connectivity index (χ3n) is 2.55. The molecule has 18 heavy (non-hydrogen) atoms. The number of hydrogen-bond acceptors (Lipinski definition) is 2. The van der Waals surface area contributed by atoms with Crippen molar-refractivity contribution in [1.29, 1.82) is 0 Å². The quantitative estimate of drug-likeness (QED) is 0.408. The lowest BCUT2D eigenvalue weighted by Gasteiger charge is -2.26. The predicted octanol–water partition coefficient (Wildman–Crippen LogP) is -0.526. The Labute approximate surface area is 115 Å². The summed E-state index contributed by atoms with van der Waals surface area (Å²) in [5.74, 6) is -0.399. The van der Waals surface area contributed by atoms with Gasteiger partial charge in [-0.1, -0.05) is 37.8 Å². The van der Waals surface area contributed by atoms with Gasteiger partial charge in [0.2, 0.25) is 0 Å². The highest BCUT2D eigenvalue weighted by Crippen LogP contribution is 2.15. The van der Waals surface area contributed by atoms with E-state index in [0.717, 1.165) is 6.42 Å². The van der Waals surface area contributed by atoms with Gasteiger partial charge in [-0.25, -0.2) is 4.79 Å². The molecule has 0 bridgehead atoms. The zero-order valence-corrected chi connectivity index (χ0v) is 11.9. The number of aryl methyl sites for hydroxylation is 1. The number of nitrogens with zero attached hydrogens (tertiary/aromatic N) is 1. The molecule has 100 valence electrons. The Morgan fingerprint density at radius 3 is 2.39 bits per heavy atom. The van der Waals surface area contributed by atoms with E-state index >= 15 is 0 Å². The first-order valence-electron chi connectivity index (χ1n) is 5.74. The molecule has 0 N–H and O–H groups in total. The molecule has 0 radical (unpaired) electrons. The molecule has 1 rings (SSSR count). The fraction of sp³-hybridized carbons (Fsp3) is 0.357. The van der Waals surface area contributed by atoms with Gasteiger partial charge < -0.3 is 12.4 Å². The normalized spacial score (nSPS) is 10.4. The van der Waals surface area contributed by atoms with E-state index in [1.54, 1.807) is 0 Å². The Kier molecular flexibility index (Phi) is 6.66. The predicted molar refractivity (Wildman–Crippen MR) is 67.9 cm³/mol. The highest BCUT2D eigenvalue weighted by Gasteiger charge is 2.22. The van der Waals surface area contributed by atoms with Gasteiger partial charge in [0, 0.05) is 11.6 Å². The van der Waals surface area contributed by atoms with Crippen molar-refractivity contribution in [2.45, 2.75) is 19.9 Å². The van der Waals surface area contributed by atoms with E-state index in [0.29, 0.717) is 6.54 Å². The third kappa shape index (κ3) is 4.90. The van der Waals surface area contributed by atoms with Gasteiger partial charge in [-0.05, 0) is 12.0 Å². The second-order valence-corrected chi connectivity index (χ2v) is 4.47. The molecule has 0 unspecified atom stereocenters. The molecule has 0 aliphatic heterocycles. The Morgan fingerprint density at radius 1 is 1.33 bits per heavy atom. The molecule has 0 saturated heterocycles. The van der Waals surface area contributed by atoms with Crippen LogP contribution >= 0.6 is 0 Å². The van der Waals surface area contributed by atoms with Crippen LogP contribution in [0.3, 0.4) is 0 Å². The lowest BCUT2D eigenvalue weighted by molar-refractivity contribution is -1.07. The number of halogens is 1. The van der Waals surface area contributed by atoms with Crippen molar-refractivity contribution < 1.29 is 26.7 Å². The zero-order chi connectivity index (χ0) is 12.9. The fourth-order valence-electron chi connectivity index (χ4n) is 1.78. The summed E-state index contributed by atoms with van der Waals surface area (Å²) in [7, 11) is 3.71.